The maximum Gasteiger partial charge on any atom is 0.251 e. The van der Waals surface area contributed by atoms with Crippen LogP contribution in [0.1, 0.15) is 28.4 Å². The largest absolute Gasteiger partial charge is 0.357 e. The molecule has 26 heavy (non-hydrogen) atoms. The number of hydrogen-bond acceptors (Lipinski definition) is 2. The molecular formula is C19H22Cl2N4O. The van der Waals surface area contributed by atoms with Crippen molar-refractivity contribution in [3.05, 3.63) is 69.2 Å². The summed E-state index contributed by atoms with van der Waals surface area (Å²) >= 11 is 12.1. The summed E-state index contributed by atoms with van der Waals surface area (Å²) < 4.78 is 0. The van der Waals surface area contributed by atoms with Crippen molar-refractivity contribution < 1.29 is 4.79 Å². The molecule has 2 rings (SSSR count). The number of aliphatic imine (C=N–C) groups is 1. The minimum absolute atomic E-state index is 0.102. The fourth-order valence-corrected chi connectivity index (χ4v) is 2.74. The zero-order chi connectivity index (χ0) is 18.9. The average Bonchev–Trinajstić information content (AvgIpc) is 2.65. The first-order valence-electron chi connectivity index (χ1n) is 8.30. The molecule has 0 aromatic heterocycles. The van der Waals surface area contributed by atoms with Gasteiger partial charge in [-0.25, -0.2) is 4.99 Å². The molecule has 0 saturated carbocycles. The van der Waals surface area contributed by atoms with Crippen molar-refractivity contribution in [2.75, 3.05) is 13.6 Å². The lowest BCUT2D eigenvalue weighted by molar-refractivity contribution is 0.0963. The van der Waals surface area contributed by atoms with E-state index in [-0.39, 0.29) is 5.91 Å². The molecule has 1 amide bonds. The molecule has 0 spiro atoms. The molecule has 0 aliphatic rings. The molecule has 0 radical (unpaired) electrons. The predicted octanol–water partition coefficient (Wildman–Crippen LogP) is 3.61. The molecule has 2 aromatic carbocycles. The molecule has 0 aliphatic carbocycles. The van der Waals surface area contributed by atoms with Gasteiger partial charge in [-0.15, -0.1) is 0 Å². The molecule has 7 heteroatoms. The Hall–Kier alpha value is -2.24. The Morgan fingerprint density at radius 3 is 2.42 bits per heavy atom. The summed E-state index contributed by atoms with van der Waals surface area (Å²) in [6.45, 7) is 3.79. The van der Waals surface area contributed by atoms with Crippen LogP contribution in [0.5, 0.6) is 0 Å². The Kier molecular flexibility index (Phi) is 7.75. The molecule has 0 aliphatic heterocycles. The normalized spacial score (nSPS) is 11.2. The Bertz CT molecular complexity index is 776. The van der Waals surface area contributed by atoms with E-state index >= 15 is 0 Å². The number of nitrogens with one attached hydrogen (secondary N) is 3. The third-order valence-electron chi connectivity index (χ3n) is 3.67. The van der Waals surface area contributed by atoms with Gasteiger partial charge in [-0.05, 0) is 42.3 Å². The summed E-state index contributed by atoms with van der Waals surface area (Å²) in [5.74, 6) is 0.587. The van der Waals surface area contributed by atoms with Gasteiger partial charge in [0.05, 0.1) is 6.54 Å². The summed E-state index contributed by atoms with van der Waals surface area (Å²) in [5.41, 5.74) is 2.58. The molecule has 138 valence electrons. The second-order valence-electron chi connectivity index (χ2n) is 5.56. The van der Waals surface area contributed by atoms with Crippen LogP contribution in [0.2, 0.25) is 10.0 Å². The Balaban J connectivity index is 2.00. The van der Waals surface area contributed by atoms with Crippen LogP contribution in [-0.4, -0.2) is 25.5 Å². The van der Waals surface area contributed by atoms with Crippen LogP contribution in [0.25, 0.3) is 0 Å². The van der Waals surface area contributed by atoms with Gasteiger partial charge in [-0.1, -0.05) is 41.4 Å². The highest BCUT2D eigenvalue weighted by molar-refractivity contribution is 6.35. The van der Waals surface area contributed by atoms with E-state index in [9.17, 15) is 4.79 Å². The quantitative estimate of drug-likeness (QED) is 0.519. The van der Waals surface area contributed by atoms with E-state index in [1.54, 1.807) is 25.2 Å². The van der Waals surface area contributed by atoms with Crippen LogP contribution in [0.3, 0.4) is 0 Å². The zero-order valence-corrected chi connectivity index (χ0v) is 16.3. The first-order valence-corrected chi connectivity index (χ1v) is 9.06. The molecule has 3 N–H and O–H groups in total. The highest BCUT2D eigenvalue weighted by Crippen LogP contribution is 2.20. The predicted molar refractivity (Wildman–Crippen MR) is 108 cm³/mol. The van der Waals surface area contributed by atoms with Crippen molar-refractivity contribution in [2.24, 2.45) is 4.99 Å². The fourth-order valence-electron chi connectivity index (χ4n) is 2.26. The summed E-state index contributed by atoms with van der Waals surface area (Å²) in [4.78, 5) is 16.1. The van der Waals surface area contributed by atoms with Gasteiger partial charge in [-0.2, -0.15) is 0 Å². The summed E-state index contributed by atoms with van der Waals surface area (Å²) in [6.07, 6.45) is 0. The Morgan fingerprint density at radius 2 is 1.81 bits per heavy atom. The topological polar surface area (TPSA) is 65.5 Å². The number of nitrogens with zero attached hydrogens (tertiary/aromatic N) is 1. The van der Waals surface area contributed by atoms with Crippen molar-refractivity contribution in [1.82, 2.24) is 16.0 Å². The van der Waals surface area contributed by atoms with E-state index in [4.69, 9.17) is 23.2 Å². The van der Waals surface area contributed by atoms with Gasteiger partial charge in [0.2, 0.25) is 0 Å². The SMILES string of the molecule is CCNC(=NCc1ccc(C(=O)NC)cc1)NCc1ccc(Cl)cc1Cl. The number of hydrogen-bond donors (Lipinski definition) is 3. The highest BCUT2D eigenvalue weighted by atomic mass is 35.5. The molecule has 0 atom stereocenters. The highest BCUT2D eigenvalue weighted by Gasteiger charge is 2.04. The second-order valence-corrected chi connectivity index (χ2v) is 6.40. The molecule has 2 aromatic rings. The average molecular weight is 393 g/mol. The lowest BCUT2D eigenvalue weighted by atomic mass is 10.1. The van der Waals surface area contributed by atoms with E-state index in [0.29, 0.717) is 34.7 Å². The van der Waals surface area contributed by atoms with E-state index < -0.39 is 0 Å². The molecule has 0 fully saturated rings. The van der Waals surface area contributed by atoms with Crippen LogP contribution in [0, 0.1) is 0 Å². The van der Waals surface area contributed by atoms with E-state index in [2.05, 4.69) is 20.9 Å². The summed E-state index contributed by atoms with van der Waals surface area (Å²) in [5, 5.41) is 10.3. The number of carbonyl (C=O) groups is 1. The fraction of sp³-hybridized carbons (Fsp3) is 0.263. The minimum atomic E-state index is -0.102. The maximum absolute atomic E-state index is 11.6. The number of halogens is 2. The van der Waals surface area contributed by atoms with Crippen LogP contribution in [0.4, 0.5) is 0 Å². The number of rotatable bonds is 6. The van der Waals surface area contributed by atoms with Crippen LogP contribution in [0.15, 0.2) is 47.5 Å². The van der Waals surface area contributed by atoms with Gasteiger partial charge in [0.25, 0.3) is 5.91 Å². The van der Waals surface area contributed by atoms with Crippen LogP contribution in [-0.2, 0) is 13.1 Å². The van der Waals surface area contributed by atoms with Crippen molar-refractivity contribution in [3.63, 3.8) is 0 Å². The van der Waals surface area contributed by atoms with Crippen LogP contribution < -0.4 is 16.0 Å². The Morgan fingerprint density at radius 1 is 1.08 bits per heavy atom. The summed E-state index contributed by atoms with van der Waals surface area (Å²) in [7, 11) is 1.61. The lowest BCUT2D eigenvalue weighted by Crippen LogP contribution is -2.36. The number of amides is 1. The van der Waals surface area contributed by atoms with E-state index in [1.165, 1.54) is 0 Å². The number of benzene rings is 2. The third kappa shape index (κ3) is 5.93. The van der Waals surface area contributed by atoms with Gasteiger partial charge < -0.3 is 16.0 Å². The van der Waals surface area contributed by atoms with Crippen LogP contribution >= 0.6 is 23.2 Å². The standard InChI is InChI=1S/C19H22Cl2N4O/c1-3-23-19(25-12-15-8-9-16(20)10-17(15)21)24-11-13-4-6-14(7-5-13)18(26)22-2/h4-10H,3,11-12H2,1-2H3,(H,22,26)(H2,23,24,25). The van der Waals surface area contributed by atoms with Gasteiger partial charge in [0.1, 0.15) is 0 Å². The second kappa shape index (κ2) is 10.0. The number of guanidine groups is 1. The van der Waals surface area contributed by atoms with Crippen molar-refractivity contribution in [1.29, 1.82) is 0 Å². The van der Waals surface area contributed by atoms with E-state index in [1.807, 2.05) is 31.2 Å². The van der Waals surface area contributed by atoms with Gasteiger partial charge in [0.15, 0.2) is 5.96 Å². The molecule has 0 heterocycles. The first kappa shape index (κ1) is 20.1. The van der Waals surface area contributed by atoms with E-state index in [0.717, 1.165) is 17.7 Å². The van der Waals surface area contributed by atoms with Crippen molar-refractivity contribution >= 4 is 35.1 Å². The summed E-state index contributed by atoms with van der Waals surface area (Å²) in [6, 6.07) is 12.8. The van der Waals surface area contributed by atoms with Crippen molar-refractivity contribution in [2.45, 2.75) is 20.0 Å². The molecule has 5 nitrogen and oxygen atoms in total. The maximum atomic E-state index is 11.6. The smallest absolute Gasteiger partial charge is 0.251 e. The lowest BCUT2D eigenvalue weighted by Gasteiger charge is -2.12. The molecule has 0 saturated heterocycles. The molecule has 0 bridgehead atoms. The van der Waals surface area contributed by atoms with Gasteiger partial charge in [0, 0.05) is 35.7 Å². The van der Waals surface area contributed by atoms with Crippen molar-refractivity contribution in [3.8, 4) is 0 Å². The molecular weight excluding hydrogens is 371 g/mol. The number of carbonyl (C=O) groups excluding carboxylic acids is 1. The minimum Gasteiger partial charge on any atom is -0.357 e. The monoisotopic (exact) mass is 392 g/mol. The molecule has 0 unspecified atom stereocenters. The third-order valence-corrected chi connectivity index (χ3v) is 4.26. The van der Waals surface area contributed by atoms with Gasteiger partial charge >= 0.3 is 0 Å². The Labute approximate surface area is 163 Å². The van der Waals surface area contributed by atoms with Gasteiger partial charge in [-0.3, -0.25) is 4.79 Å². The first-order chi connectivity index (χ1) is 12.5. The zero-order valence-electron chi connectivity index (χ0n) is 14.8.